The summed E-state index contributed by atoms with van der Waals surface area (Å²) in [6.07, 6.45) is 1.12. The molecule has 1 amide bonds. The Morgan fingerprint density at radius 1 is 0.943 bits per heavy atom. The highest BCUT2D eigenvalue weighted by Gasteiger charge is 2.41. The lowest BCUT2D eigenvalue weighted by molar-refractivity contribution is -0.134. The van der Waals surface area contributed by atoms with Crippen LogP contribution in [0.2, 0.25) is 0 Å². The van der Waals surface area contributed by atoms with Crippen LogP contribution in [-0.2, 0) is 19.6 Å². The molecule has 2 aromatic rings. The summed E-state index contributed by atoms with van der Waals surface area (Å²) in [5, 5.41) is 15.6. The van der Waals surface area contributed by atoms with Gasteiger partial charge >= 0.3 is 11.9 Å². The number of carbonyl (C=O) groups is 3. The van der Waals surface area contributed by atoms with E-state index in [-0.39, 0.29) is 17.5 Å². The molecule has 2 aliphatic rings. The predicted molar refractivity (Wildman–Crippen MR) is 134 cm³/mol. The van der Waals surface area contributed by atoms with Crippen LogP contribution in [0.5, 0.6) is 0 Å². The Kier molecular flexibility index (Phi) is 11.0. The lowest BCUT2D eigenvalue weighted by Gasteiger charge is -2.33. The van der Waals surface area contributed by atoms with Crippen LogP contribution in [0.3, 0.4) is 0 Å². The Morgan fingerprint density at radius 3 is 1.89 bits per heavy atom. The van der Waals surface area contributed by atoms with E-state index in [1.54, 1.807) is 18.2 Å². The number of carboxylic acids is 2. The average molecular weight is 521 g/mol. The molecule has 9 nitrogen and oxygen atoms in total. The molecule has 2 heterocycles. The van der Waals surface area contributed by atoms with E-state index in [4.69, 9.17) is 10.2 Å². The smallest absolute Gasteiger partial charge is 0.328 e. The number of hydrogen-bond acceptors (Lipinski definition) is 7. The minimum Gasteiger partial charge on any atom is -0.478 e. The Balaban J connectivity index is 0.000000253. The third-order valence-corrected chi connectivity index (χ3v) is 7.80. The fourth-order valence-electron chi connectivity index (χ4n) is 3.31. The van der Waals surface area contributed by atoms with Crippen LogP contribution in [0.1, 0.15) is 17.3 Å². The van der Waals surface area contributed by atoms with Gasteiger partial charge in [-0.2, -0.15) is 11.8 Å². The second-order valence-electron chi connectivity index (χ2n) is 7.50. The van der Waals surface area contributed by atoms with Gasteiger partial charge in [0.05, 0.1) is 12.1 Å². The van der Waals surface area contributed by atoms with Crippen molar-refractivity contribution in [3.05, 3.63) is 78.4 Å². The molecule has 2 aromatic carbocycles. The van der Waals surface area contributed by atoms with E-state index in [1.807, 2.05) is 55.1 Å². The molecule has 0 bridgehead atoms. The second-order valence-corrected chi connectivity index (χ2v) is 10.6. The summed E-state index contributed by atoms with van der Waals surface area (Å²) in [4.78, 5) is 33.8. The second kappa shape index (κ2) is 13.7. The van der Waals surface area contributed by atoms with Gasteiger partial charge in [-0.25, -0.2) is 22.3 Å². The Hall–Kier alpha value is -3.15. The van der Waals surface area contributed by atoms with Crippen molar-refractivity contribution in [1.29, 1.82) is 0 Å². The Labute approximate surface area is 209 Å². The van der Waals surface area contributed by atoms with E-state index in [9.17, 15) is 22.8 Å². The summed E-state index contributed by atoms with van der Waals surface area (Å²) in [6, 6.07) is 18.5. The summed E-state index contributed by atoms with van der Waals surface area (Å²) in [7, 11) is -3.68. The zero-order valence-corrected chi connectivity index (χ0v) is 20.8. The topological polar surface area (TPSA) is 132 Å². The van der Waals surface area contributed by atoms with E-state index in [2.05, 4.69) is 4.90 Å². The number of carboxylic acid groups (broad SMARTS) is 2. The quantitative estimate of drug-likeness (QED) is 0.571. The standard InChI is InChI=1S/C14H18N2O3S2.C6H6.C4H4O4/c1-11(15-6-8-20-9-7-15)10-16-14(17)12-4-2-3-5-13(12)21(16,18)19;1-2-4-6-5-3-1;5-3(6)1-2-4(7)8/h2-5,11H,6-10H2,1H3;1-6H;1-2H,(H,5,6)(H,7,8). The first-order chi connectivity index (χ1) is 16.6. The van der Waals surface area contributed by atoms with Gasteiger partial charge in [0.15, 0.2) is 0 Å². The monoisotopic (exact) mass is 520 g/mol. The molecule has 0 aromatic heterocycles. The van der Waals surface area contributed by atoms with Crippen molar-refractivity contribution in [2.75, 3.05) is 31.1 Å². The van der Waals surface area contributed by atoms with E-state index in [1.165, 1.54) is 6.07 Å². The van der Waals surface area contributed by atoms with Gasteiger partial charge in [0, 0.05) is 42.8 Å². The number of aliphatic carboxylic acids is 2. The number of rotatable bonds is 5. The molecule has 0 aliphatic carbocycles. The molecule has 0 radical (unpaired) electrons. The SMILES string of the molecule is CC(CN1C(=O)c2ccccc2S1(=O)=O)N1CCSCC1.O=C(O)C=CC(=O)O.c1ccccc1. The van der Waals surface area contributed by atoms with Crippen LogP contribution >= 0.6 is 11.8 Å². The highest BCUT2D eigenvalue weighted by atomic mass is 32.2. The number of amides is 1. The van der Waals surface area contributed by atoms with Gasteiger partial charge in [0.1, 0.15) is 4.90 Å². The van der Waals surface area contributed by atoms with Crippen molar-refractivity contribution in [3.63, 3.8) is 0 Å². The van der Waals surface area contributed by atoms with Gasteiger partial charge in [-0.1, -0.05) is 48.5 Å². The van der Waals surface area contributed by atoms with Gasteiger partial charge in [-0.05, 0) is 19.1 Å². The molecule has 1 atom stereocenters. The zero-order valence-electron chi connectivity index (χ0n) is 19.2. The highest BCUT2D eigenvalue weighted by molar-refractivity contribution is 7.99. The molecule has 0 saturated carbocycles. The average Bonchev–Trinajstić information content (AvgIpc) is 3.06. The lowest BCUT2D eigenvalue weighted by atomic mass is 10.2. The molecule has 188 valence electrons. The normalized spacial score (nSPS) is 17.4. The van der Waals surface area contributed by atoms with E-state index >= 15 is 0 Å². The molecule has 1 unspecified atom stereocenters. The summed E-state index contributed by atoms with van der Waals surface area (Å²) in [5.41, 5.74) is 0.291. The first-order valence-corrected chi connectivity index (χ1v) is 13.4. The molecule has 0 spiro atoms. The largest absolute Gasteiger partial charge is 0.478 e. The fraction of sp³-hybridized carbons (Fsp3) is 0.292. The van der Waals surface area contributed by atoms with Crippen LogP contribution in [0.15, 0.2) is 77.7 Å². The lowest BCUT2D eigenvalue weighted by Crippen LogP contribution is -2.47. The first-order valence-electron chi connectivity index (χ1n) is 10.8. The number of carbonyl (C=O) groups excluding carboxylic acids is 1. The van der Waals surface area contributed by atoms with Gasteiger partial charge in [0.2, 0.25) is 0 Å². The zero-order chi connectivity index (χ0) is 25.8. The van der Waals surface area contributed by atoms with Crippen LogP contribution in [0.25, 0.3) is 0 Å². The molecular weight excluding hydrogens is 492 g/mol. The molecule has 35 heavy (non-hydrogen) atoms. The number of fused-ring (bicyclic) bond motifs is 1. The molecule has 11 heteroatoms. The van der Waals surface area contributed by atoms with E-state index in [0.717, 1.165) is 28.9 Å². The molecule has 1 fully saturated rings. The van der Waals surface area contributed by atoms with Crippen molar-refractivity contribution in [3.8, 4) is 0 Å². The maximum absolute atomic E-state index is 12.5. The fourth-order valence-corrected chi connectivity index (χ4v) is 5.89. The van der Waals surface area contributed by atoms with Gasteiger partial charge in [-0.3, -0.25) is 9.69 Å². The molecule has 1 saturated heterocycles. The summed E-state index contributed by atoms with van der Waals surface area (Å²) >= 11 is 1.91. The van der Waals surface area contributed by atoms with E-state index in [0.29, 0.717) is 17.7 Å². The van der Waals surface area contributed by atoms with Crippen LogP contribution < -0.4 is 0 Å². The molecule has 4 rings (SSSR count). The number of thioether (sulfide) groups is 1. The number of nitrogens with zero attached hydrogens (tertiary/aromatic N) is 2. The minimum atomic E-state index is -3.68. The maximum atomic E-state index is 12.5. The molecule has 2 aliphatic heterocycles. The predicted octanol–water partition coefficient (Wildman–Crippen LogP) is 2.67. The van der Waals surface area contributed by atoms with Gasteiger partial charge in [0.25, 0.3) is 15.9 Å². The maximum Gasteiger partial charge on any atom is 0.328 e. The summed E-state index contributed by atoms with van der Waals surface area (Å²) in [6.45, 7) is 4.10. The van der Waals surface area contributed by atoms with Crippen LogP contribution in [0.4, 0.5) is 0 Å². The first kappa shape index (κ1) is 28.1. The van der Waals surface area contributed by atoms with Gasteiger partial charge in [-0.15, -0.1) is 0 Å². The molecular formula is C24H28N2O7S2. The number of benzene rings is 2. The third kappa shape index (κ3) is 8.53. The summed E-state index contributed by atoms with van der Waals surface area (Å²) in [5.74, 6) is -0.792. The Bertz CT molecular complexity index is 1090. The highest BCUT2D eigenvalue weighted by Crippen LogP contribution is 2.30. The van der Waals surface area contributed by atoms with Crippen molar-refractivity contribution in [2.24, 2.45) is 0 Å². The van der Waals surface area contributed by atoms with Crippen molar-refractivity contribution in [1.82, 2.24) is 9.21 Å². The number of sulfonamides is 1. The van der Waals surface area contributed by atoms with Crippen molar-refractivity contribution < 1.29 is 33.0 Å². The van der Waals surface area contributed by atoms with Crippen LogP contribution in [-0.4, -0.2) is 82.9 Å². The van der Waals surface area contributed by atoms with Crippen molar-refractivity contribution in [2.45, 2.75) is 17.9 Å². The Morgan fingerprint density at radius 2 is 1.43 bits per heavy atom. The van der Waals surface area contributed by atoms with Crippen molar-refractivity contribution >= 4 is 39.6 Å². The number of hydrogen-bond donors (Lipinski definition) is 2. The summed E-state index contributed by atoms with van der Waals surface area (Å²) < 4.78 is 26.0. The minimum absolute atomic E-state index is 0.0407. The van der Waals surface area contributed by atoms with E-state index < -0.39 is 27.9 Å². The van der Waals surface area contributed by atoms with Crippen LogP contribution in [0, 0.1) is 0 Å². The third-order valence-electron chi connectivity index (χ3n) is 5.05. The van der Waals surface area contributed by atoms with Gasteiger partial charge < -0.3 is 10.2 Å². The molecule has 2 N–H and O–H groups in total.